The second-order valence-corrected chi connectivity index (χ2v) is 11.6. The minimum absolute atomic E-state index is 0.0564. The predicted molar refractivity (Wildman–Crippen MR) is 121 cm³/mol. The second-order valence-electron chi connectivity index (χ2n) is 11.6. The fraction of sp³-hybridized carbons (Fsp3) is 0.538. The summed E-state index contributed by atoms with van der Waals surface area (Å²) in [5, 5.41) is 4.41. The number of carbonyl (C=O) groups excluding carboxylic acids is 2. The maximum absolute atomic E-state index is 13.9. The van der Waals surface area contributed by atoms with Crippen molar-refractivity contribution in [3.05, 3.63) is 35.0 Å². The van der Waals surface area contributed by atoms with Crippen LogP contribution in [0, 0.1) is 5.92 Å². The van der Waals surface area contributed by atoms with E-state index in [0.29, 0.717) is 13.0 Å². The lowest BCUT2D eigenvalue weighted by Gasteiger charge is -2.64. The summed E-state index contributed by atoms with van der Waals surface area (Å²) in [6.45, 7) is 9.29. The Morgan fingerprint density at radius 2 is 1.97 bits per heavy atom. The van der Waals surface area contributed by atoms with Gasteiger partial charge in [0.05, 0.1) is 5.52 Å². The number of aromatic nitrogens is 1. The van der Waals surface area contributed by atoms with E-state index >= 15 is 0 Å². The summed E-state index contributed by atoms with van der Waals surface area (Å²) in [6.07, 6.45) is 7.22. The molecule has 6 aliphatic rings. The zero-order valence-electron chi connectivity index (χ0n) is 19.1. The van der Waals surface area contributed by atoms with Gasteiger partial charge in [-0.3, -0.25) is 9.59 Å². The fourth-order valence-corrected chi connectivity index (χ4v) is 7.56. The van der Waals surface area contributed by atoms with E-state index in [1.54, 1.807) is 0 Å². The summed E-state index contributed by atoms with van der Waals surface area (Å²) in [6, 6.07) is 4.16. The van der Waals surface area contributed by atoms with E-state index in [4.69, 9.17) is 4.74 Å². The van der Waals surface area contributed by atoms with Crippen LogP contribution < -0.4 is 10.1 Å². The highest BCUT2D eigenvalue weighted by Crippen LogP contribution is 2.59. The van der Waals surface area contributed by atoms with E-state index in [1.165, 1.54) is 5.69 Å². The van der Waals surface area contributed by atoms with Crippen LogP contribution in [0.25, 0.3) is 17.0 Å². The topological polar surface area (TPSA) is 74.4 Å². The normalized spacial score (nSPS) is 35.1. The average Bonchev–Trinajstić information content (AvgIpc) is 3.32. The third-order valence-corrected chi connectivity index (χ3v) is 9.09. The fourth-order valence-electron chi connectivity index (χ4n) is 7.56. The van der Waals surface area contributed by atoms with Crippen molar-refractivity contribution >= 4 is 28.8 Å². The van der Waals surface area contributed by atoms with Crippen LogP contribution in [0.15, 0.2) is 18.2 Å². The van der Waals surface area contributed by atoms with Crippen molar-refractivity contribution in [2.45, 2.75) is 75.5 Å². The third-order valence-electron chi connectivity index (χ3n) is 9.09. The van der Waals surface area contributed by atoms with Crippen molar-refractivity contribution in [2.24, 2.45) is 5.92 Å². The predicted octanol–water partition coefficient (Wildman–Crippen LogP) is 3.44. The molecule has 2 aromatic rings. The molecule has 2 amide bonds. The molecular weight excluding hydrogens is 402 g/mol. The molecule has 2 bridgehead atoms. The van der Waals surface area contributed by atoms with E-state index in [0.717, 1.165) is 47.0 Å². The number of piperazine rings is 1. The molecule has 6 heteroatoms. The first-order chi connectivity index (χ1) is 15.1. The lowest BCUT2D eigenvalue weighted by atomic mass is 9.51. The molecule has 6 heterocycles. The van der Waals surface area contributed by atoms with Gasteiger partial charge in [0.25, 0.3) is 0 Å². The van der Waals surface area contributed by atoms with Crippen LogP contribution in [0.1, 0.15) is 63.8 Å². The number of piperidine rings is 2. The first-order valence-electron chi connectivity index (χ1n) is 11.8. The summed E-state index contributed by atoms with van der Waals surface area (Å²) in [5.41, 5.74) is 2.38. The third kappa shape index (κ3) is 1.90. The van der Waals surface area contributed by atoms with Crippen molar-refractivity contribution in [3.63, 3.8) is 0 Å². The first kappa shape index (κ1) is 18.8. The molecule has 1 aromatic carbocycles. The van der Waals surface area contributed by atoms with Gasteiger partial charge in [0, 0.05) is 40.9 Å². The quantitative estimate of drug-likeness (QED) is 0.671. The van der Waals surface area contributed by atoms with Crippen molar-refractivity contribution < 1.29 is 14.3 Å². The van der Waals surface area contributed by atoms with E-state index in [9.17, 15) is 9.59 Å². The summed E-state index contributed by atoms with van der Waals surface area (Å²) in [5.74, 6) is 1.13. The van der Waals surface area contributed by atoms with Crippen LogP contribution in [0.2, 0.25) is 0 Å². The number of fused-ring (bicyclic) bond motifs is 6. The van der Waals surface area contributed by atoms with Crippen LogP contribution in [0.3, 0.4) is 0 Å². The molecule has 8 rings (SSSR count). The van der Waals surface area contributed by atoms with E-state index in [1.807, 2.05) is 11.0 Å². The van der Waals surface area contributed by atoms with E-state index < -0.39 is 11.1 Å². The number of amides is 2. The molecule has 6 nitrogen and oxygen atoms in total. The van der Waals surface area contributed by atoms with E-state index in [-0.39, 0.29) is 28.7 Å². The molecule has 0 unspecified atom stereocenters. The Labute approximate surface area is 187 Å². The lowest BCUT2D eigenvalue weighted by Crippen LogP contribution is -2.84. The number of nitrogens with one attached hydrogen (secondary N) is 2. The van der Waals surface area contributed by atoms with Gasteiger partial charge >= 0.3 is 0 Å². The summed E-state index contributed by atoms with van der Waals surface area (Å²) in [7, 11) is 0. The SMILES string of the molecule is CC1(C)C=Cc2c(ccc3c4c([nH]c23)C(C)(C)[C@@H]2C[C@]35CCCN3C(=O)[C@]2(C4)NC5=O)O1. The highest BCUT2D eigenvalue weighted by atomic mass is 16.5. The largest absolute Gasteiger partial charge is 0.483 e. The van der Waals surface area contributed by atoms with Gasteiger partial charge in [-0.2, -0.15) is 0 Å². The number of rotatable bonds is 0. The molecular formula is C26H29N3O3. The molecule has 32 heavy (non-hydrogen) atoms. The van der Waals surface area contributed by atoms with Gasteiger partial charge in [-0.15, -0.1) is 0 Å². The first-order valence-corrected chi connectivity index (χ1v) is 11.8. The standard InChI is InChI=1S/C26H29N3O3/c1-23(2)10-8-15-17(32-23)7-6-14-16-12-26-18(24(3,4)20(16)27-19(14)15)13-25(21(30)28-26)9-5-11-29(25)22(26)31/h6-8,10,18,27H,5,9,11-13H2,1-4H3,(H,28,30)/t18-,25-,26+/m0/s1. The number of ether oxygens (including phenoxy) is 1. The van der Waals surface area contributed by atoms with Crippen LogP contribution in [0.4, 0.5) is 0 Å². The monoisotopic (exact) mass is 431 g/mol. The Balaban J connectivity index is 1.46. The minimum atomic E-state index is -0.848. The average molecular weight is 432 g/mol. The molecule has 0 radical (unpaired) electrons. The summed E-state index contributed by atoms with van der Waals surface area (Å²) >= 11 is 0. The minimum Gasteiger partial charge on any atom is -0.483 e. The maximum atomic E-state index is 13.9. The summed E-state index contributed by atoms with van der Waals surface area (Å²) < 4.78 is 6.21. The number of hydrogen-bond donors (Lipinski definition) is 2. The number of H-pyrrole nitrogens is 1. The Morgan fingerprint density at radius 3 is 2.78 bits per heavy atom. The smallest absolute Gasteiger partial charge is 0.249 e. The van der Waals surface area contributed by atoms with Gasteiger partial charge in [0.15, 0.2) is 0 Å². The van der Waals surface area contributed by atoms with Gasteiger partial charge in [-0.25, -0.2) is 0 Å². The highest BCUT2D eigenvalue weighted by molar-refractivity contribution is 6.06. The molecule has 1 aliphatic carbocycles. The molecule has 5 aliphatic heterocycles. The molecule has 2 spiro atoms. The van der Waals surface area contributed by atoms with Crippen molar-refractivity contribution in [1.82, 2.24) is 15.2 Å². The van der Waals surface area contributed by atoms with E-state index in [2.05, 4.69) is 56.2 Å². The number of benzene rings is 1. The summed E-state index contributed by atoms with van der Waals surface area (Å²) in [4.78, 5) is 32.9. The van der Waals surface area contributed by atoms with Gasteiger partial charge < -0.3 is 19.9 Å². The lowest BCUT2D eigenvalue weighted by molar-refractivity contribution is -0.179. The second kappa shape index (κ2) is 5.24. The Morgan fingerprint density at radius 1 is 1.16 bits per heavy atom. The highest BCUT2D eigenvalue weighted by Gasteiger charge is 2.72. The van der Waals surface area contributed by atoms with Gasteiger partial charge in [-0.1, -0.05) is 13.8 Å². The number of hydrogen-bond acceptors (Lipinski definition) is 3. The molecule has 3 atom stereocenters. The van der Waals surface area contributed by atoms with Gasteiger partial charge in [-0.05, 0) is 63.0 Å². The number of carbonyl (C=O) groups is 2. The molecule has 0 saturated carbocycles. The maximum Gasteiger partial charge on any atom is 0.249 e. The molecule has 1 aromatic heterocycles. The van der Waals surface area contributed by atoms with Crippen LogP contribution >= 0.6 is 0 Å². The number of nitrogens with zero attached hydrogens (tertiary/aromatic N) is 1. The Hall–Kier alpha value is -2.76. The molecule has 4 saturated heterocycles. The zero-order chi connectivity index (χ0) is 22.3. The van der Waals surface area contributed by atoms with Gasteiger partial charge in [0.2, 0.25) is 11.8 Å². The van der Waals surface area contributed by atoms with Crippen molar-refractivity contribution in [2.75, 3.05) is 6.54 Å². The number of aromatic amines is 1. The van der Waals surface area contributed by atoms with Crippen LogP contribution in [-0.4, -0.2) is 44.9 Å². The Bertz CT molecular complexity index is 1280. The zero-order valence-corrected chi connectivity index (χ0v) is 19.1. The molecule has 4 fully saturated rings. The van der Waals surface area contributed by atoms with Crippen molar-refractivity contribution in [3.8, 4) is 5.75 Å². The van der Waals surface area contributed by atoms with Crippen molar-refractivity contribution in [1.29, 1.82) is 0 Å². The van der Waals surface area contributed by atoms with Gasteiger partial charge in [0.1, 0.15) is 22.4 Å². The van der Waals surface area contributed by atoms with Crippen LogP contribution in [-0.2, 0) is 21.4 Å². The Kier molecular flexibility index (Phi) is 3.07. The van der Waals surface area contributed by atoms with Crippen LogP contribution in [0.5, 0.6) is 5.75 Å². The molecule has 166 valence electrons. The molecule has 2 N–H and O–H groups in total.